The first-order chi connectivity index (χ1) is 14.1. The summed E-state index contributed by atoms with van der Waals surface area (Å²) in [6, 6.07) is 6.00. The molecule has 6 nitrogen and oxygen atoms in total. The van der Waals surface area contributed by atoms with Gasteiger partial charge in [0.05, 0.1) is 36.3 Å². The maximum atomic E-state index is 7.42. The van der Waals surface area contributed by atoms with Crippen molar-refractivity contribution in [1.29, 1.82) is 0 Å². The zero-order valence-corrected chi connectivity index (χ0v) is 17.2. The Labute approximate surface area is 173 Å². The molecule has 1 aromatic carbocycles. The van der Waals surface area contributed by atoms with Crippen molar-refractivity contribution in [2.45, 2.75) is 45.3 Å². The Kier molecular flexibility index (Phi) is 4.53. The van der Waals surface area contributed by atoms with Crippen molar-refractivity contribution in [3.05, 3.63) is 57.7 Å². The highest BCUT2D eigenvalue weighted by Gasteiger charge is 2.26. The number of rotatable bonds is 3. The van der Waals surface area contributed by atoms with Gasteiger partial charge in [0.1, 0.15) is 16.3 Å². The largest absolute Gasteiger partial charge is 0.378 e. The molecule has 2 atom stereocenters. The maximum Gasteiger partial charge on any atom is 0.188 e. The van der Waals surface area contributed by atoms with Crippen LogP contribution in [0.4, 0.5) is 5.69 Å². The molecule has 0 unspecified atom stereocenters. The number of ether oxygens (including phenoxy) is 1. The third-order valence-electron chi connectivity index (χ3n) is 5.50. The van der Waals surface area contributed by atoms with Crippen LogP contribution in [0.2, 0.25) is 0 Å². The summed E-state index contributed by atoms with van der Waals surface area (Å²) >= 11 is 1.71. The molecule has 146 valence electrons. The van der Waals surface area contributed by atoms with Gasteiger partial charge in [0, 0.05) is 29.1 Å². The van der Waals surface area contributed by atoms with Gasteiger partial charge in [-0.2, -0.15) is 0 Å². The van der Waals surface area contributed by atoms with E-state index < -0.39 is 0 Å². The average Bonchev–Trinajstić information content (AvgIpc) is 3.30. The zero-order chi connectivity index (χ0) is 20.0. The monoisotopic (exact) mass is 403 g/mol. The van der Waals surface area contributed by atoms with Gasteiger partial charge >= 0.3 is 0 Å². The van der Waals surface area contributed by atoms with Gasteiger partial charge in [0.25, 0.3) is 0 Å². The lowest BCUT2D eigenvalue weighted by molar-refractivity contribution is 0.00631. The molecule has 5 rings (SSSR count). The molecule has 1 aliphatic rings. The summed E-state index contributed by atoms with van der Waals surface area (Å²) in [5.74, 6) is 1.01. The molecule has 4 heterocycles. The SMILES string of the molecule is [C-]#[N+]c1ccc2ncc3nc(Cc4ncc(C)s4)n([C@@H]4CCO[C@H](C)C4)c3c2c1. The van der Waals surface area contributed by atoms with Gasteiger partial charge < -0.3 is 9.30 Å². The van der Waals surface area contributed by atoms with Crippen LogP contribution < -0.4 is 0 Å². The normalized spacial score (nSPS) is 19.6. The molecule has 0 aliphatic carbocycles. The summed E-state index contributed by atoms with van der Waals surface area (Å²) in [6.07, 6.45) is 6.58. The third-order valence-corrected chi connectivity index (χ3v) is 6.42. The van der Waals surface area contributed by atoms with E-state index >= 15 is 0 Å². The Bertz CT molecular complexity index is 1250. The first-order valence-corrected chi connectivity index (χ1v) is 10.6. The van der Waals surface area contributed by atoms with Crippen LogP contribution in [-0.4, -0.2) is 32.2 Å². The topological polar surface area (TPSA) is 57.2 Å². The number of benzene rings is 1. The van der Waals surface area contributed by atoms with Crippen LogP contribution in [0.15, 0.2) is 30.6 Å². The van der Waals surface area contributed by atoms with Crippen LogP contribution in [-0.2, 0) is 11.2 Å². The molecule has 1 saturated heterocycles. The minimum absolute atomic E-state index is 0.216. The van der Waals surface area contributed by atoms with Crippen LogP contribution in [0.1, 0.15) is 41.5 Å². The number of thiazole rings is 1. The summed E-state index contributed by atoms with van der Waals surface area (Å²) in [6.45, 7) is 12.4. The second kappa shape index (κ2) is 7.21. The van der Waals surface area contributed by atoms with Gasteiger partial charge in [-0.3, -0.25) is 4.98 Å². The van der Waals surface area contributed by atoms with E-state index in [9.17, 15) is 0 Å². The molecule has 0 radical (unpaired) electrons. The van der Waals surface area contributed by atoms with Crippen molar-refractivity contribution < 1.29 is 4.74 Å². The van der Waals surface area contributed by atoms with Gasteiger partial charge in [0.15, 0.2) is 5.69 Å². The lowest BCUT2D eigenvalue weighted by Crippen LogP contribution is -2.26. The van der Waals surface area contributed by atoms with Crippen LogP contribution in [0, 0.1) is 13.5 Å². The number of imidazole rings is 1. The molecular weight excluding hydrogens is 382 g/mol. The predicted molar refractivity (Wildman–Crippen MR) is 115 cm³/mol. The van der Waals surface area contributed by atoms with Gasteiger partial charge in [-0.1, -0.05) is 6.07 Å². The average molecular weight is 404 g/mol. The van der Waals surface area contributed by atoms with Crippen LogP contribution in [0.3, 0.4) is 0 Å². The second-order valence-corrected chi connectivity index (χ2v) is 8.92. The number of fused-ring (bicyclic) bond motifs is 3. The fourth-order valence-electron chi connectivity index (χ4n) is 4.23. The number of hydrogen-bond donors (Lipinski definition) is 0. The minimum Gasteiger partial charge on any atom is -0.378 e. The van der Waals surface area contributed by atoms with E-state index in [2.05, 4.69) is 33.2 Å². The molecule has 0 amide bonds. The highest BCUT2D eigenvalue weighted by molar-refractivity contribution is 7.11. The minimum atomic E-state index is 0.216. The van der Waals surface area contributed by atoms with E-state index in [1.807, 2.05) is 30.6 Å². The van der Waals surface area contributed by atoms with Crippen LogP contribution >= 0.6 is 11.3 Å². The standard InChI is InChI=1S/C22H21N5OS/c1-13-8-16(6-7-28-13)27-20(10-21-25-11-14(2)29-21)26-19-12-24-18-5-4-15(23-3)9-17(18)22(19)27/h4-5,9,11-13,16H,6-8,10H2,1-2H3/t13-,16-/m1/s1. The highest BCUT2D eigenvalue weighted by atomic mass is 32.1. The molecule has 3 aromatic heterocycles. The Morgan fingerprint density at radius 3 is 2.93 bits per heavy atom. The van der Waals surface area contributed by atoms with E-state index in [0.29, 0.717) is 18.2 Å². The molecule has 0 spiro atoms. The zero-order valence-electron chi connectivity index (χ0n) is 16.4. The quantitative estimate of drug-likeness (QED) is 0.440. The first-order valence-electron chi connectivity index (χ1n) is 9.82. The maximum absolute atomic E-state index is 7.42. The second-order valence-electron chi connectivity index (χ2n) is 7.60. The van der Waals surface area contributed by atoms with Gasteiger partial charge in [-0.05, 0) is 38.8 Å². The number of hydrogen-bond acceptors (Lipinski definition) is 5. The summed E-state index contributed by atoms with van der Waals surface area (Å²) < 4.78 is 8.19. The van der Waals surface area contributed by atoms with Crippen LogP contribution in [0.25, 0.3) is 26.8 Å². The van der Waals surface area contributed by atoms with Gasteiger partial charge in [-0.25, -0.2) is 14.8 Å². The summed E-state index contributed by atoms with van der Waals surface area (Å²) in [7, 11) is 0. The Morgan fingerprint density at radius 1 is 1.28 bits per heavy atom. The van der Waals surface area contributed by atoms with Crippen LogP contribution in [0.5, 0.6) is 0 Å². The number of aryl methyl sites for hydroxylation is 1. The van der Waals surface area contributed by atoms with E-state index in [-0.39, 0.29) is 6.10 Å². The van der Waals surface area contributed by atoms with Crippen molar-refractivity contribution in [1.82, 2.24) is 19.5 Å². The molecule has 0 N–H and O–H groups in total. The summed E-state index contributed by atoms with van der Waals surface area (Å²) in [5, 5.41) is 2.06. The first kappa shape index (κ1) is 18.2. The van der Waals surface area contributed by atoms with Crippen molar-refractivity contribution in [3.8, 4) is 0 Å². The molecule has 4 aromatic rings. The van der Waals surface area contributed by atoms with E-state index in [1.54, 1.807) is 11.3 Å². The lowest BCUT2D eigenvalue weighted by atomic mass is 10.0. The van der Waals surface area contributed by atoms with E-state index in [0.717, 1.165) is 52.2 Å². The highest BCUT2D eigenvalue weighted by Crippen LogP contribution is 2.35. The van der Waals surface area contributed by atoms with Crippen molar-refractivity contribution in [3.63, 3.8) is 0 Å². The summed E-state index contributed by atoms with van der Waals surface area (Å²) in [5.41, 5.74) is 3.46. The number of pyridine rings is 1. The Balaban J connectivity index is 1.75. The molecular formula is C22H21N5OS. The Hall–Kier alpha value is -2.82. The lowest BCUT2D eigenvalue weighted by Gasteiger charge is -2.30. The predicted octanol–water partition coefficient (Wildman–Crippen LogP) is 5.23. The number of nitrogens with zero attached hydrogens (tertiary/aromatic N) is 5. The van der Waals surface area contributed by atoms with E-state index in [1.165, 1.54) is 4.88 Å². The van der Waals surface area contributed by atoms with Gasteiger partial charge in [0.2, 0.25) is 0 Å². The molecule has 7 heteroatoms. The molecule has 0 saturated carbocycles. The molecule has 1 aliphatic heterocycles. The molecule has 0 bridgehead atoms. The number of aromatic nitrogens is 4. The summed E-state index contributed by atoms with van der Waals surface area (Å²) in [4.78, 5) is 19.0. The van der Waals surface area contributed by atoms with E-state index in [4.69, 9.17) is 16.3 Å². The molecule has 29 heavy (non-hydrogen) atoms. The Morgan fingerprint density at radius 2 is 2.17 bits per heavy atom. The molecule has 1 fully saturated rings. The fraction of sp³-hybridized carbons (Fsp3) is 0.364. The fourth-order valence-corrected chi connectivity index (χ4v) is 5.01. The van der Waals surface area contributed by atoms with Crippen molar-refractivity contribution in [2.75, 3.05) is 6.61 Å². The third kappa shape index (κ3) is 3.28. The van der Waals surface area contributed by atoms with Gasteiger partial charge in [-0.15, -0.1) is 11.3 Å². The van der Waals surface area contributed by atoms with Crippen molar-refractivity contribution in [2.24, 2.45) is 0 Å². The smallest absolute Gasteiger partial charge is 0.188 e. The van der Waals surface area contributed by atoms with Crippen molar-refractivity contribution >= 4 is 39.0 Å².